The van der Waals surface area contributed by atoms with Gasteiger partial charge in [0.1, 0.15) is 5.69 Å². The fraction of sp³-hybridized carbons (Fsp3) is 0.588. The third-order valence-electron chi connectivity index (χ3n) is 5.23. The Hall–Kier alpha value is -1.55. The molecule has 2 amide bonds. The molecule has 4 heteroatoms. The number of nitrogens with one attached hydrogen (secondary N) is 1. The maximum absolute atomic E-state index is 12.2. The average Bonchev–Trinajstić information content (AvgIpc) is 2.87. The second kappa shape index (κ2) is 5.68. The summed E-state index contributed by atoms with van der Waals surface area (Å²) in [5.74, 6) is 0. The van der Waals surface area contributed by atoms with Gasteiger partial charge < -0.3 is 15.5 Å². The molecular formula is C17H26N3O+. The Bertz CT molecular complexity index is 521. The molecule has 0 bridgehead atoms. The van der Waals surface area contributed by atoms with E-state index >= 15 is 0 Å². The molecule has 21 heavy (non-hydrogen) atoms. The Morgan fingerprint density at radius 3 is 2.81 bits per heavy atom. The maximum atomic E-state index is 12.2. The number of hydrogen-bond acceptors (Lipinski definition) is 1. The number of benzene rings is 1. The van der Waals surface area contributed by atoms with Gasteiger partial charge in [0.2, 0.25) is 0 Å². The van der Waals surface area contributed by atoms with Gasteiger partial charge in [-0.1, -0.05) is 25.1 Å². The zero-order chi connectivity index (χ0) is 14.9. The van der Waals surface area contributed by atoms with Gasteiger partial charge in [0.15, 0.2) is 0 Å². The minimum atomic E-state index is 0.106. The molecule has 3 N–H and O–H groups in total. The number of para-hydroxylation sites is 1. The van der Waals surface area contributed by atoms with E-state index in [0.29, 0.717) is 0 Å². The number of fused-ring (bicyclic) bond motifs is 2. The van der Waals surface area contributed by atoms with Gasteiger partial charge in [-0.25, -0.2) is 4.79 Å². The predicted molar refractivity (Wildman–Crippen MR) is 83.7 cm³/mol. The van der Waals surface area contributed by atoms with Crippen molar-refractivity contribution in [1.82, 2.24) is 10.2 Å². The molecule has 2 aliphatic rings. The summed E-state index contributed by atoms with van der Waals surface area (Å²) >= 11 is 0. The van der Waals surface area contributed by atoms with Crippen molar-refractivity contribution >= 4 is 11.7 Å². The molecular weight excluding hydrogens is 262 g/mol. The number of amides is 2. The van der Waals surface area contributed by atoms with Gasteiger partial charge >= 0.3 is 6.03 Å². The van der Waals surface area contributed by atoms with E-state index in [9.17, 15) is 4.79 Å². The van der Waals surface area contributed by atoms with Crippen LogP contribution >= 0.6 is 0 Å². The lowest BCUT2D eigenvalue weighted by molar-refractivity contribution is -0.569. The highest BCUT2D eigenvalue weighted by Gasteiger charge is 2.45. The summed E-state index contributed by atoms with van der Waals surface area (Å²) in [6.45, 7) is 7.02. The summed E-state index contributed by atoms with van der Waals surface area (Å²) < 4.78 is 0. The van der Waals surface area contributed by atoms with Crippen molar-refractivity contribution in [3.63, 3.8) is 0 Å². The summed E-state index contributed by atoms with van der Waals surface area (Å²) in [4.78, 5) is 14.2. The van der Waals surface area contributed by atoms with E-state index in [4.69, 9.17) is 0 Å². The van der Waals surface area contributed by atoms with E-state index in [1.54, 1.807) is 0 Å². The number of hydrogen-bond donors (Lipinski definition) is 2. The average molecular weight is 288 g/mol. The monoisotopic (exact) mass is 288 g/mol. The predicted octanol–water partition coefficient (Wildman–Crippen LogP) is 1.74. The lowest BCUT2D eigenvalue weighted by atomic mass is 9.74. The van der Waals surface area contributed by atoms with Gasteiger partial charge in [0.05, 0.1) is 12.0 Å². The number of rotatable bonds is 2. The third-order valence-corrected chi connectivity index (χ3v) is 5.23. The molecule has 0 aromatic heterocycles. The molecule has 3 rings (SSSR count). The van der Waals surface area contributed by atoms with Crippen LogP contribution in [-0.2, 0) is 5.41 Å². The van der Waals surface area contributed by atoms with Crippen molar-refractivity contribution in [2.45, 2.75) is 44.6 Å². The van der Waals surface area contributed by atoms with Crippen LogP contribution in [0.5, 0.6) is 0 Å². The van der Waals surface area contributed by atoms with Crippen molar-refractivity contribution in [3.05, 3.63) is 29.8 Å². The third kappa shape index (κ3) is 2.64. The summed E-state index contributed by atoms with van der Waals surface area (Å²) in [5.41, 5.74) is 3.17. The number of nitrogens with zero attached hydrogens (tertiary/aromatic N) is 1. The first-order valence-electron chi connectivity index (χ1n) is 8.13. The smallest absolute Gasteiger partial charge is 0.317 e. The second-order valence-corrected chi connectivity index (χ2v) is 6.52. The van der Waals surface area contributed by atoms with Gasteiger partial charge in [-0.2, -0.15) is 0 Å². The molecule has 0 aliphatic carbocycles. The molecule has 2 aliphatic heterocycles. The van der Waals surface area contributed by atoms with Gasteiger partial charge in [-0.05, 0) is 32.3 Å². The van der Waals surface area contributed by atoms with E-state index in [0.717, 1.165) is 38.9 Å². The first-order chi connectivity index (χ1) is 10.1. The maximum Gasteiger partial charge on any atom is 0.317 e. The van der Waals surface area contributed by atoms with Gasteiger partial charge in [0, 0.05) is 24.7 Å². The Morgan fingerprint density at radius 1 is 1.38 bits per heavy atom. The van der Waals surface area contributed by atoms with Crippen LogP contribution < -0.4 is 10.6 Å². The number of likely N-dealkylation sites (tertiary alicyclic amines) is 1. The number of nitrogens with two attached hydrogens (primary N) is 1. The molecule has 1 unspecified atom stereocenters. The summed E-state index contributed by atoms with van der Waals surface area (Å²) in [7, 11) is 0. The van der Waals surface area contributed by atoms with Crippen molar-refractivity contribution < 1.29 is 10.1 Å². The molecule has 1 spiro atoms. The van der Waals surface area contributed by atoms with Crippen molar-refractivity contribution in [2.24, 2.45) is 0 Å². The van der Waals surface area contributed by atoms with Crippen LogP contribution in [0.1, 0.15) is 38.7 Å². The Labute approximate surface area is 126 Å². The Morgan fingerprint density at radius 2 is 2.10 bits per heavy atom. The second-order valence-electron chi connectivity index (χ2n) is 6.52. The summed E-state index contributed by atoms with van der Waals surface area (Å²) in [5, 5.41) is 5.44. The largest absolute Gasteiger partial charge is 0.336 e. The van der Waals surface area contributed by atoms with Crippen LogP contribution in [0, 0.1) is 0 Å². The highest BCUT2D eigenvalue weighted by molar-refractivity contribution is 5.74. The van der Waals surface area contributed by atoms with E-state index in [2.05, 4.69) is 48.7 Å². The van der Waals surface area contributed by atoms with Crippen LogP contribution in [0.4, 0.5) is 10.5 Å². The number of quaternary nitrogens is 1. The number of urea groups is 1. The van der Waals surface area contributed by atoms with E-state index in [1.807, 2.05) is 4.90 Å². The quantitative estimate of drug-likeness (QED) is 0.800. The number of carbonyl (C=O) groups excluding carboxylic acids is 1. The first-order valence-corrected chi connectivity index (χ1v) is 8.13. The van der Waals surface area contributed by atoms with Crippen LogP contribution in [0.15, 0.2) is 24.3 Å². The molecule has 114 valence electrons. The Balaban J connectivity index is 1.65. The SMILES string of the molecule is CCC(C)NC(=O)N1CCC2(CC1)C[NH2+]c1ccccc12. The normalized spacial score (nSPS) is 21.1. The van der Waals surface area contributed by atoms with E-state index in [-0.39, 0.29) is 17.5 Å². The van der Waals surface area contributed by atoms with Crippen LogP contribution in [0.25, 0.3) is 0 Å². The standard InChI is InChI=1S/C17H25N3O/c1-3-13(2)19-16(21)20-10-8-17(9-11-20)12-18-15-7-5-4-6-14(15)17/h4-7,13,18H,3,8-12H2,1-2H3,(H,19,21)/p+1. The van der Waals surface area contributed by atoms with Crippen LogP contribution in [0.3, 0.4) is 0 Å². The van der Waals surface area contributed by atoms with E-state index in [1.165, 1.54) is 11.3 Å². The number of piperidine rings is 1. The zero-order valence-corrected chi connectivity index (χ0v) is 13.1. The van der Waals surface area contributed by atoms with Crippen molar-refractivity contribution in [3.8, 4) is 0 Å². The molecule has 1 aromatic carbocycles. The number of carbonyl (C=O) groups is 1. The lowest BCUT2D eigenvalue weighted by Crippen LogP contribution is -2.78. The highest BCUT2D eigenvalue weighted by atomic mass is 16.2. The molecule has 1 saturated heterocycles. The molecule has 1 atom stereocenters. The molecule has 0 radical (unpaired) electrons. The molecule has 2 heterocycles. The zero-order valence-electron chi connectivity index (χ0n) is 13.1. The van der Waals surface area contributed by atoms with Gasteiger partial charge in [-0.15, -0.1) is 0 Å². The topological polar surface area (TPSA) is 49.0 Å². The fourth-order valence-corrected chi connectivity index (χ4v) is 3.59. The highest BCUT2D eigenvalue weighted by Crippen LogP contribution is 2.39. The first kappa shape index (κ1) is 14.4. The van der Waals surface area contributed by atoms with Crippen molar-refractivity contribution in [1.29, 1.82) is 0 Å². The molecule has 0 saturated carbocycles. The van der Waals surface area contributed by atoms with Gasteiger partial charge in [0.25, 0.3) is 0 Å². The molecule has 1 fully saturated rings. The molecule has 1 aromatic rings. The fourth-order valence-electron chi connectivity index (χ4n) is 3.59. The lowest BCUT2D eigenvalue weighted by Gasteiger charge is -2.38. The van der Waals surface area contributed by atoms with Crippen LogP contribution in [0.2, 0.25) is 0 Å². The summed E-state index contributed by atoms with van der Waals surface area (Å²) in [6.07, 6.45) is 3.13. The minimum absolute atomic E-state index is 0.106. The van der Waals surface area contributed by atoms with E-state index < -0.39 is 0 Å². The van der Waals surface area contributed by atoms with Crippen LogP contribution in [-0.4, -0.2) is 36.6 Å². The molecule has 4 nitrogen and oxygen atoms in total. The van der Waals surface area contributed by atoms with Crippen molar-refractivity contribution in [2.75, 3.05) is 19.6 Å². The summed E-state index contributed by atoms with van der Waals surface area (Å²) in [6, 6.07) is 9.10. The minimum Gasteiger partial charge on any atom is -0.336 e. The van der Waals surface area contributed by atoms with Gasteiger partial charge in [-0.3, -0.25) is 0 Å². The Kier molecular flexibility index (Phi) is 3.89.